The molecule has 0 bridgehead atoms. The summed E-state index contributed by atoms with van der Waals surface area (Å²) in [4.78, 5) is 18.3. The van der Waals surface area contributed by atoms with E-state index < -0.39 is 0 Å². The number of hydrogen-bond acceptors (Lipinski definition) is 3. The van der Waals surface area contributed by atoms with Crippen LogP contribution in [0.5, 0.6) is 0 Å². The Bertz CT molecular complexity index is 373. The summed E-state index contributed by atoms with van der Waals surface area (Å²) in [7, 11) is 1.73. The van der Waals surface area contributed by atoms with Crippen LogP contribution >= 0.6 is 15.9 Å². The highest BCUT2D eigenvalue weighted by Gasteiger charge is 2.09. The zero-order valence-electron chi connectivity index (χ0n) is 8.52. The summed E-state index contributed by atoms with van der Waals surface area (Å²) in [6.07, 6.45) is 0.791. The summed E-state index contributed by atoms with van der Waals surface area (Å²) in [5, 5.41) is 2.82. The highest BCUT2D eigenvalue weighted by Crippen LogP contribution is 2.14. The number of nitrogens with zero attached hydrogens (tertiary/aromatic N) is 1. The lowest BCUT2D eigenvalue weighted by Gasteiger charge is -2.07. The molecule has 0 unspecified atom stereocenters. The van der Waals surface area contributed by atoms with Crippen LogP contribution in [0, 0.1) is 5.92 Å². The van der Waals surface area contributed by atoms with Crippen LogP contribution in [0.1, 0.15) is 19.5 Å². The van der Waals surface area contributed by atoms with E-state index in [0.717, 1.165) is 12.1 Å². The van der Waals surface area contributed by atoms with Crippen molar-refractivity contribution in [1.29, 1.82) is 0 Å². The topological polar surface area (TPSA) is 57.8 Å². The van der Waals surface area contributed by atoms with Gasteiger partial charge in [0.15, 0.2) is 0 Å². The lowest BCUT2D eigenvalue weighted by atomic mass is 10.1. The van der Waals surface area contributed by atoms with Crippen molar-refractivity contribution < 1.29 is 0 Å². The van der Waals surface area contributed by atoms with Crippen LogP contribution in [-0.4, -0.2) is 17.0 Å². The molecule has 14 heavy (non-hydrogen) atoms. The van der Waals surface area contributed by atoms with E-state index in [-0.39, 0.29) is 5.56 Å². The maximum absolute atomic E-state index is 11.4. The second-order valence-electron chi connectivity index (χ2n) is 3.52. The number of aromatic nitrogens is 2. The summed E-state index contributed by atoms with van der Waals surface area (Å²) in [5.74, 6) is 0.985. The highest BCUT2D eigenvalue weighted by molar-refractivity contribution is 9.10. The Morgan fingerprint density at radius 1 is 1.57 bits per heavy atom. The minimum absolute atomic E-state index is 0.139. The minimum Gasteiger partial charge on any atom is -0.359 e. The van der Waals surface area contributed by atoms with Crippen molar-refractivity contribution in [2.24, 2.45) is 5.92 Å². The maximum atomic E-state index is 11.4. The summed E-state index contributed by atoms with van der Waals surface area (Å²) in [6, 6.07) is 0. The quantitative estimate of drug-likeness (QED) is 0.870. The Hall–Kier alpha value is -0.840. The first-order valence-corrected chi connectivity index (χ1v) is 5.30. The van der Waals surface area contributed by atoms with Gasteiger partial charge < -0.3 is 5.32 Å². The van der Waals surface area contributed by atoms with Gasteiger partial charge in [0.05, 0.1) is 5.69 Å². The van der Waals surface area contributed by atoms with E-state index in [4.69, 9.17) is 0 Å². The van der Waals surface area contributed by atoms with Crippen molar-refractivity contribution in [3.05, 3.63) is 20.5 Å². The summed E-state index contributed by atoms with van der Waals surface area (Å²) in [5.41, 5.74) is 0.660. The molecule has 1 aromatic rings. The van der Waals surface area contributed by atoms with Crippen LogP contribution in [0.25, 0.3) is 0 Å². The SMILES string of the molecule is CNc1nc(CC(C)C)c(Br)c(=O)[nH]1. The van der Waals surface area contributed by atoms with Gasteiger partial charge in [-0.1, -0.05) is 13.8 Å². The van der Waals surface area contributed by atoms with Crippen LogP contribution in [0.3, 0.4) is 0 Å². The molecular weight excluding hydrogens is 246 g/mol. The van der Waals surface area contributed by atoms with E-state index in [2.05, 4.69) is 45.1 Å². The Labute approximate surface area is 91.3 Å². The normalized spacial score (nSPS) is 10.6. The molecule has 1 aromatic heterocycles. The molecule has 1 rings (SSSR count). The van der Waals surface area contributed by atoms with Crippen LogP contribution < -0.4 is 10.9 Å². The Morgan fingerprint density at radius 3 is 2.71 bits per heavy atom. The number of hydrogen-bond donors (Lipinski definition) is 2. The Kier molecular flexibility index (Phi) is 3.69. The smallest absolute Gasteiger partial charge is 0.266 e. The van der Waals surface area contributed by atoms with Crippen LogP contribution in [0.4, 0.5) is 5.95 Å². The largest absolute Gasteiger partial charge is 0.359 e. The molecule has 0 aromatic carbocycles. The van der Waals surface area contributed by atoms with Crippen molar-refractivity contribution in [2.45, 2.75) is 20.3 Å². The van der Waals surface area contributed by atoms with Crippen molar-refractivity contribution in [2.75, 3.05) is 12.4 Å². The monoisotopic (exact) mass is 259 g/mol. The number of H-pyrrole nitrogens is 1. The van der Waals surface area contributed by atoms with E-state index in [0.29, 0.717) is 16.3 Å². The predicted octanol–water partition coefficient (Wildman–Crippen LogP) is 1.77. The highest BCUT2D eigenvalue weighted by atomic mass is 79.9. The van der Waals surface area contributed by atoms with Gasteiger partial charge in [-0.3, -0.25) is 9.78 Å². The summed E-state index contributed by atoms with van der Waals surface area (Å²) >= 11 is 3.24. The molecule has 4 nitrogen and oxygen atoms in total. The lowest BCUT2D eigenvalue weighted by Crippen LogP contribution is -2.16. The molecule has 2 N–H and O–H groups in total. The average Bonchev–Trinajstić information content (AvgIpc) is 2.11. The molecule has 78 valence electrons. The van der Waals surface area contributed by atoms with Gasteiger partial charge in [0.1, 0.15) is 4.47 Å². The van der Waals surface area contributed by atoms with Gasteiger partial charge in [0.2, 0.25) is 5.95 Å². The molecule has 0 aliphatic rings. The zero-order valence-corrected chi connectivity index (χ0v) is 10.1. The second-order valence-corrected chi connectivity index (χ2v) is 4.32. The van der Waals surface area contributed by atoms with Crippen molar-refractivity contribution in [3.63, 3.8) is 0 Å². The second kappa shape index (κ2) is 4.59. The third-order valence-corrected chi connectivity index (χ3v) is 2.59. The molecule has 5 heteroatoms. The molecule has 0 aliphatic carbocycles. The molecular formula is C9H14BrN3O. The molecule has 0 fully saturated rings. The Balaban J connectivity index is 3.14. The van der Waals surface area contributed by atoms with Crippen LogP contribution in [0.15, 0.2) is 9.27 Å². The maximum Gasteiger partial charge on any atom is 0.266 e. The third kappa shape index (κ3) is 2.57. The Morgan fingerprint density at radius 2 is 2.21 bits per heavy atom. The minimum atomic E-state index is -0.139. The van der Waals surface area contributed by atoms with Crippen molar-refractivity contribution in [1.82, 2.24) is 9.97 Å². The van der Waals surface area contributed by atoms with Gasteiger partial charge in [-0.05, 0) is 28.3 Å². The van der Waals surface area contributed by atoms with Gasteiger partial charge in [-0.15, -0.1) is 0 Å². The van der Waals surface area contributed by atoms with Crippen LogP contribution in [0.2, 0.25) is 0 Å². The number of anilines is 1. The van der Waals surface area contributed by atoms with E-state index in [9.17, 15) is 4.79 Å². The van der Waals surface area contributed by atoms with E-state index in [1.165, 1.54) is 0 Å². The average molecular weight is 260 g/mol. The van der Waals surface area contributed by atoms with Gasteiger partial charge in [0.25, 0.3) is 5.56 Å². The first-order chi connectivity index (χ1) is 6.54. The molecule has 0 saturated heterocycles. The van der Waals surface area contributed by atoms with E-state index in [1.54, 1.807) is 7.05 Å². The van der Waals surface area contributed by atoms with Crippen molar-refractivity contribution in [3.8, 4) is 0 Å². The molecule has 1 heterocycles. The molecule has 0 radical (unpaired) electrons. The summed E-state index contributed by atoms with van der Waals surface area (Å²) < 4.78 is 0.533. The number of nitrogens with one attached hydrogen (secondary N) is 2. The number of rotatable bonds is 3. The summed E-state index contributed by atoms with van der Waals surface area (Å²) in [6.45, 7) is 4.18. The fourth-order valence-corrected chi connectivity index (χ4v) is 1.50. The number of aromatic amines is 1. The molecule has 0 amide bonds. The van der Waals surface area contributed by atoms with Crippen molar-refractivity contribution >= 4 is 21.9 Å². The van der Waals surface area contributed by atoms with Crippen LogP contribution in [-0.2, 0) is 6.42 Å². The molecule has 0 aliphatic heterocycles. The number of halogens is 1. The fourth-order valence-electron chi connectivity index (χ4n) is 1.15. The van der Waals surface area contributed by atoms with E-state index in [1.807, 2.05) is 0 Å². The zero-order chi connectivity index (χ0) is 10.7. The third-order valence-electron chi connectivity index (χ3n) is 1.77. The van der Waals surface area contributed by atoms with Gasteiger partial charge in [-0.2, -0.15) is 0 Å². The van der Waals surface area contributed by atoms with Gasteiger partial charge in [-0.25, -0.2) is 4.98 Å². The standard InChI is InChI=1S/C9H14BrN3O/c1-5(2)4-6-7(10)8(14)13-9(11-3)12-6/h5H,4H2,1-3H3,(H2,11,12,13,14). The lowest BCUT2D eigenvalue weighted by molar-refractivity contribution is 0.631. The predicted molar refractivity (Wildman–Crippen MR) is 60.6 cm³/mol. The molecule has 0 spiro atoms. The first kappa shape index (κ1) is 11.2. The fraction of sp³-hybridized carbons (Fsp3) is 0.556. The first-order valence-electron chi connectivity index (χ1n) is 4.51. The van der Waals surface area contributed by atoms with Gasteiger partial charge in [0, 0.05) is 7.05 Å². The van der Waals surface area contributed by atoms with Gasteiger partial charge >= 0.3 is 0 Å². The molecule has 0 atom stereocenters. The molecule has 0 saturated carbocycles. The van der Waals surface area contributed by atoms with E-state index >= 15 is 0 Å².